The fraction of sp³-hybridized carbons (Fsp3) is 0.700. The van der Waals surface area contributed by atoms with Gasteiger partial charge in [0.1, 0.15) is 19.5 Å². The van der Waals surface area contributed by atoms with E-state index in [4.69, 9.17) is 0 Å². The summed E-state index contributed by atoms with van der Waals surface area (Å²) < 4.78 is 152. The number of halogens is 11. The monoisotopic (exact) mass is 414 g/mol. The van der Waals surface area contributed by atoms with Gasteiger partial charge in [-0.25, -0.2) is 4.79 Å². The summed E-state index contributed by atoms with van der Waals surface area (Å²) in [7, 11) is 0. The largest absolute Gasteiger partial charge is 0.518 e. The molecule has 0 saturated heterocycles. The van der Waals surface area contributed by atoms with Crippen LogP contribution in [0.25, 0.3) is 0 Å². The van der Waals surface area contributed by atoms with Gasteiger partial charge in [0.25, 0.3) is 0 Å². The maximum absolute atomic E-state index is 13.7. The van der Waals surface area contributed by atoms with Crippen LogP contribution in [-0.4, -0.2) is 36.8 Å². The molecule has 1 aromatic heterocycles. The van der Waals surface area contributed by atoms with Gasteiger partial charge in [-0.05, 0) is 0 Å². The summed E-state index contributed by atoms with van der Waals surface area (Å²) in [5, 5.41) is 0. The van der Waals surface area contributed by atoms with Crippen molar-refractivity contribution >= 4 is 0 Å². The summed E-state index contributed by atoms with van der Waals surface area (Å²) in [5.41, 5.74) is 0. The maximum atomic E-state index is 13.7. The highest BCUT2D eigenvalue weighted by Crippen LogP contribution is 2.50. The zero-order valence-corrected chi connectivity index (χ0v) is 11.7. The smallest absolute Gasteiger partial charge is 0.399 e. The van der Waals surface area contributed by atoms with Crippen molar-refractivity contribution in [2.75, 3.05) is 6.61 Å². The lowest BCUT2D eigenvalue weighted by Crippen LogP contribution is -2.60. The van der Waals surface area contributed by atoms with Gasteiger partial charge in [0, 0.05) is 0 Å². The zero-order valence-electron chi connectivity index (χ0n) is 11.7. The first-order chi connectivity index (χ1) is 11.4. The van der Waals surface area contributed by atoms with Crippen molar-refractivity contribution in [3.8, 4) is 0 Å². The highest BCUT2D eigenvalue weighted by atomic mass is 19.4. The lowest BCUT2D eigenvalue weighted by molar-refractivity contribution is -0.486. The molecule has 1 unspecified atom stereocenters. The van der Waals surface area contributed by atoms with E-state index in [1.807, 2.05) is 0 Å². The van der Waals surface area contributed by atoms with Gasteiger partial charge in [-0.2, -0.15) is 48.3 Å². The van der Waals surface area contributed by atoms with Crippen LogP contribution in [0, 0.1) is 0 Å². The standard InChI is InChI=1S/C10H5F11O5/c11-6(8(14,15)16,3-23-1-4-2-24-5(22)25-4)26-10(20,21)7(12,13)9(17,18)19/h2H,1,3H2. The fourth-order valence-corrected chi connectivity index (χ4v) is 1.22. The van der Waals surface area contributed by atoms with Crippen LogP contribution in [0.5, 0.6) is 0 Å². The number of ether oxygens (including phenoxy) is 2. The van der Waals surface area contributed by atoms with E-state index in [0.29, 0.717) is 6.26 Å². The molecule has 26 heavy (non-hydrogen) atoms. The summed E-state index contributed by atoms with van der Waals surface area (Å²) in [6.45, 7) is -3.83. The van der Waals surface area contributed by atoms with Crippen molar-refractivity contribution in [1.29, 1.82) is 0 Å². The molecule has 0 amide bonds. The van der Waals surface area contributed by atoms with Crippen molar-refractivity contribution < 1.29 is 66.6 Å². The minimum Gasteiger partial charge on any atom is -0.399 e. The average Bonchev–Trinajstić information content (AvgIpc) is 2.81. The molecule has 0 aliphatic rings. The first kappa shape index (κ1) is 22.2. The Labute approximate surface area is 134 Å². The molecule has 1 rings (SSSR count). The van der Waals surface area contributed by atoms with Gasteiger partial charge < -0.3 is 13.6 Å². The molecule has 0 aliphatic carbocycles. The molecule has 0 N–H and O–H groups in total. The molecular weight excluding hydrogens is 409 g/mol. The van der Waals surface area contributed by atoms with Gasteiger partial charge in [-0.15, -0.1) is 0 Å². The molecule has 1 atom stereocenters. The first-order valence-corrected chi connectivity index (χ1v) is 5.86. The van der Waals surface area contributed by atoms with E-state index in [1.54, 1.807) is 0 Å². The van der Waals surface area contributed by atoms with Gasteiger partial charge in [-0.1, -0.05) is 0 Å². The SMILES string of the molecule is O=c1occ(COCC(F)(OC(F)(F)C(F)(F)C(F)(F)F)C(F)(F)F)o1. The number of alkyl halides is 11. The fourth-order valence-electron chi connectivity index (χ4n) is 1.22. The van der Waals surface area contributed by atoms with Crippen LogP contribution in [0.2, 0.25) is 0 Å². The molecule has 1 heterocycles. The maximum Gasteiger partial charge on any atom is 0.518 e. The third-order valence-corrected chi connectivity index (χ3v) is 2.47. The Hall–Kier alpha value is -1.84. The average molecular weight is 414 g/mol. The third-order valence-electron chi connectivity index (χ3n) is 2.47. The minimum atomic E-state index is -7.15. The highest BCUT2D eigenvalue weighted by molar-refractivity contribution is 4.89. The Bertz CT molecular complexity index is 657. The molecule has 0 aliphatic heterocycles. The molecule has 5 nitrogen and oxygen atoms in total. The summed E-state index contributed by atoms with van der Waals surface area (Å²) in [6, 6.07) is 0. The van der Waals surface area contributed by atoms with Gasteiger partial charge in [0.2, 0.25) is 0 Å². The van der Waals surface area contributed by atoms with Crippen LogP contribution < -0.4 is 5.82 Å². The zero-order chi connectivity index (χ0) is 20.6. The minimum absolute atomic E-state index is 0.461. The first-order valence-electron chi connectivity index (χ1n) is 5.86. The Morgan fingerprint density at radius 3 is 1.81 bits per heavy atom. The normalized spacial score (nSPS) is 16.6. The molecule has 0 fully saturated rings. The number of hydrogen-bond donors (Lipinski definition) is 0. The van der Waals surface area contributed by atoms with Gasteiger partial charge in [0.15, 0.2) is 5.76 Å². The summed E-state index contributed by atoms with van der Waals surface area (Å²) in [4.78, 5) is 10.4. The molecule has 0 saturated carbocycles. The Kier molecular flexibility index (Phi) is 5.73. The Balaban J connectivity index is 2.99. The second kappa shape index (κ2) is 6.71. The topological polar surface area (TPSA) is 61.8 Å². The molecular formula is C10H5F11O5. The van der Waals surface area contributed by atoms with E-state index in [9.17, 15) is 53.1 Å². The predicted molar refractivity (Wildman–Crippen MR) is 53.8 cm³/mol. The lowest BCUT2D eigenvalue weighted by atomic mass is 10.2. The second-order valence-corrected chi connectivity index (χ2v) is 4.46. The van der Waals surface area contributed by atoms with E-state index < -0.39 is 55.0 Å². The van der Waals surface area contributed by atoms with Crippen LogP contribution in [0.15, 0.2) is 19.9 Å². The van der Waals surface area contributed by atoms with Crippen LogP contribution >= 0.6 is 0 Å². The molecule has 0 radical (unpaired) electrons. The Morgan fingerprint density at radius 1 is 0.885 bits per heavy atom. The molecule has 1 aromatic rings. The van der Waals surface area contributed by atoms with E-state index >= 15 is 0 Å². The van der Waals surface area contributed by atoms with Crippen LogP contribution in [0.1, 0.15) is 5.76 Å². The second-order valence-electron chi connectivity index (χ2n) is 4.46. The highest BCUT2D eigenvalue weighted by Gasteiger charge is 2.78. The quantitative estimate of drug-likeness (QED) is 0.636. The summed E-state index contributed by atoms with van der Waals surface area (Å²) in [6.07, 6.45) is -20.0. The molecule has 0 bridgehead atoms. The van der Waals surface area contributed by atoms with Gasteiger partial charge in [0.05, 0.1) is 0 Å². The van der Waals surface area contributed by atoms with Gasteiger partial charge in [-0.3, -0.25) is 4.74 Å². The lowest BCUT2D eigenvalue weighted by Gasteiger charge is -2.34. The van der Waals surface area contributed by atoms with Crippen molar-refractivity contribution in [3.63, 3.8) is 0 Å². The van der Waals surface area contributed by atoms with Crippen LogP contribution in [0.3, 0.4) is 0 Å². The summed E-state index contributed by atoms with van der Waals surface area (Å²) in [5.74, 6) is -15.0. The molecule has 0 aromatic carbocycles. The Morgan fingerprint density at radius 2 is 1.42 bits per heavy atom. The van der Waals surface area contributed by atoms with E-state index in [0.717, 1.165) is 0 Å². The van der Waals surface area contributed by atoms with Crippen molar-refractivity contribution in [2.45, 2.75) is 36.8 Å². The molecule has 0 spiro atoms. The van der Waals surface area contributed by atoms with Crippen molar-refractivity contribution in [1.82, 2.24) is 0 Å². The van der Waals surface area contributed by atoms with Crippen molar-refractivity contribution in [2.24, 2.45) is 0 Å². The third kappa shape index (κ3) is 4.46. The van der Waals surface area contributed by atoms with E-state index in [1.165, 1.54) is 0 Å². The van der Waals surface area contributed by atoms with Crippen LogP contribution in [0.4, 0.5) is 48.3 Å². The van der Waals surface area contributed by atoms with Crippen LogP contribution in [-0.2, 0) is 16.1 Å². The van der Waals surface area contributed by atoms with Crippen molar-refractivity contribution in [3.05, 3.63) is 22.6 Å². The van der Waals surface area contributed by atoms with E-state index in [2.05, 4.69) is 18.3 Å². The molecule has 16 heteroatoms. The van der Waals surface area contributed by atoms with Gasteiger partial charge >= 0.3 is 36.1 Å². The predicted octanol–water partition coefficient (Wildman–Crippen LogP) is 3.78. The number of rotatable bonds is 7. The van der Waals surface area contributed by atoms with E-state index in [-0.39, 0.29) is 0 Å². The summed E-state index contributed by atoms with van der Waals surface area (Å²) >= 11 is 0. The number of hydrogen-bond acceptors (Lipinski definition) is 5. The molecule has 152 valence electrons.